The fraction of sp³-hybridized carbons (Fsp3) is 0.590. The van der Waals surface area contributed by atoms with E-state index < -0.39 is 0 Å². The van der Waals surface area contributed by atoms with E-state index in [0.717, 1.165) is 55.3 Å². The van der Waals surface area contributed by atoms with E-state index in [0.29, 0.717) is 75.9 Å². The van der Waals surface area contributed by atoms with Gasteiger partial charge in [0.2, 0.25) is 0 Å². The fourth-order valence-corrected chi connectivity index (χ4v) is 13.1. The summed E-state index contributed by atoms with van der Waals surface area (Å²) in [6.45, 7) is 55.3. The van der Waals surface area contributed by atoms with Crippen LogP contribution in [0.3, 0.4) is 0 Å². The Morgan fingerprint density at radius 3 is 0.792 bits per heavy atom. The zero-order valence-corrected chi connectivity index (χ0v) is 69.6. The van der Waals surface area contributed by atoms with Gasteiger partial charge in [0.05, 0.1) is 0 Å². The van der Waals surface area contributed by atoms with E-state index in [2.05, 4.69) is 305 Å². The van der Waals surface area contributed by atoms with E-state index in [1.54, 1.807) is 0 Å². The summed E-state index contributed by atoms with van der Waals surface area (Å²) in [7, 11) is 10.6. The average Bonchev–Trinajstić information content (AvgIpc) is 1.37. The minimum atomic E-state index is 0. The number of hydrogen-bond donors (Lipinski definition) is 0. The Bertz CT molecular complexity index is 2660. The Kier molecular flexibility index (Phi) is 45.9. The van der Waals surface area contributed by atoms with Crippen molar-refractivity contribution in [3.05, 3.63) is 125 Å². The van der Waals surface area contributed by atoms with Crippen molar-refractivity contribution in [2.75, 3.05) is 85.5 Å². The molecule has 5 fully saturated rings. The SMILES string of the molecule is CB1N(C)[CH-]N(c2ccc[n-]2)B(C)N1C(C)C.CCCCCCN1B(C)N(C)[CH-]N(c2ccc[n-]2)B1C.CCCCCN1B(C)N(C)[CH-]N(c2ccc[n-]2)B1C.CCCCN1B(C)N(C)[CH-]N(c2ccc[n-]2)B1C.CCCN1B(C)N(C)[CH-]N(c2ccc[n-]2)B1C.[Pd+2].[Pd+2].[Pd+2].[Pd+2].[Pd+2]. The molecule has 96 heavy (non-hydrogen) atoms. The summed E-state index contributed by atoms with van der Waals surface area (Å²) in [6, 6.07) is 20.8. The first-order chi connectivity index (χ1) is 43.6. The van der Waals surface area contributed by atoms with Crippen molar-refractivity contribution in [3.8, 4) is 0 Å². The minimum Gasteiger partial charge on any atom is -0.620 e. The molecule has 5 saturated heterocycles. The molecule has 10 heterocycles. The predicted octanol–water partition coefficient (Wildman–Crippen LogP) is 9.64. The Hall–Kier alpha value is -1.04. The van der Waals surface area contributed by atoms with E-state index in [1.165, 1.54) is 64.2 Å². The molecular weight excluding hydrogens is 1650 g/mol. The molecule has 0 bridgehead atoms. The summed E-state index contributed by atoms with van der Waals surface area (Å²) >= 11 is 0. The molecule has 5 aromatic rings. The molecule has 0 unspecified atom stereocenters. The number of aromatic nitrogens is 5. The summed E-state index contributed by atoms with van der Waals surface area (Å²) in [5.41, 5.74) is 0. The van der Waals surface area contributed by atoms with Crippen LogP contribution in [0, 0.1) is 33.3 Å². The number of nitrogens with zero attached hydrogens (tertiary/aromatic N) is 20. The predicted molar refractivity (Wildman–Crippen MR) is 400 cm³/mol. The summed E-state index contributed by atoms with van der Waals surface area (Å²) in [6.07, 6.45) is 22.0. The van der Waals surface area contributed by atoms with Gasteiger partial charge >= 0.3 is 102 Å². The largest absolute Gasteiger partial charge is 2.00 e. The van der Waals surface area contributed by atoms with Crippen molar-refractivity contribution in [3.63, 3.8) is 0 Å². The molecule has 5 aliphatic heterocycles. The molecule has 10 rings (SSSR count). The van der Waals surface area contributed by atoms with Crippen LogP contribution in [-0.4, -0.2) is 185 Å². The van der Waals surface area contributed by atoms with Crippen molar-refractivity contribution in [1.82, 2.24) is 72.6 Å². The molecule has 536 valence electrons. The maximum atomic E-state index is 4.44. The van der Waals surface area contributed by atoms with Gasteiger partial charge in [0, 0.05) is 0 Å². The van der Waals surface area contributed by atoms with Crippen LogP contribution >= 0.6 is 0 Å². The van der Waals surface area contributed by atoms with Crippen LogP contribution in [0.1, 0.15) is 106 Å². The molecular formula is C61H112B10N20Pd5. The third-order valence-electron chi connectivity index (χ3n) is 19.3. The Balaban J connectivity index is 0.000000593. The normalized spacial score (nSPS) is 17.8. The van der Waals surface area contributed by atoms with Crippen molar-refractivity contribution in [2.45, 2.75) is 180 Å². The van der Waals surface area contributed by atoms with Gasteiger partial charge in [0.1, 0.15) is 0 Å². The molecule has 0 aliphatic carbocycles. The van der Waals surface area contributed by atoms with Gasteiger partial charge in [-0.05, 0) is 57.9 Å². The summed E-state index contributed by atoms with van der Waals surface area (Å²) in [5.74, 6) is 5.14. The van der Waals surface area contributed by atoms with Crippen molar-refractivity contribution in [1.29, 1.82) is 0 Å². The molecule has 5 aromatic heterocycles. The van der Waals surface area contributed by atoms with E-state index in [1.807, 2.05) is 61.3 Å². The molecule has 0 atom stereocenters. The quantitative estimate of drug-likeness (QED) is 0.0418. The third-order valence-corrected chi connectivity index (χ3v) is 19.3. The first-order valence-electron chi connectivity index (χ1n) is 34.6. The third kappa shape index (κ3) is 25.4. The van der Waals surface area contributed by atoms with Crippen molar-refractivity contribution in [2.24, 2.45) is 0 Å². The van der Waals surface area contributed by atoms with E-state index in [4.69, 9.17) is 0 Å². The van der Waals surface area contributed by atoms with Crippen LogP contribution in [0.2, 0.25) is 68.2 Å². The van der Waals surface area contributed by atoms with Crippen LogP contribution in [0.5, 0.6) is 0 Å². The van der Waals surface area contributed by atoms with E-state index in [9.17, 15) is 0 Å². The number of anilines is 5. The molecule has 0 saturated carbocycles. The summed E-state index contributed by atoms with van der Waals surface area (Å²) in [4.78, 5) is 44.5. The second-order valence-corrected chi connectivity index (χ2v) is 25.9. The maximum Gasteiger partial charge on any atom is 2.00 e. The van der Waals surface area contributed by atoms with E-state index >= 15 is 0 Å². The van der Waals surface area contributed by atoms with Crippen LogP contribution in [-0.2, 0) is 102 Å². The average molecular weight is 1770 g/mol. The van der Waals surface area contributed by atoms with Crippen LogP contribution in [0.25, 0.3) is 0 Å². The fourth-order valence-electron chi connectivity index (χ4n) is 13.1. The van der Waals surface area contributed by atoms with Gasteiger partial charge in [-0.15, -0.1) is 0 Å². The Morgan fingerprint density at radius 1 is 0.302 bits per heavy atom. The van der Waals surface area contributed by atoms with Gasteiger partial charge in [-0.2, -0.15) is 0 Å². The zero-order chi connectivity index (χ0) is 66.5. The summed E-state index contributed by atoms with van der Waals surface area (Å²) in [5, 5.41) is 0. The second kappa shape index (κ2) is 47.3. The standard InChI is InChI=1S/C14H26B2N4.C13H24B2N4.C12H22B2N4.2C11H20B2N4.5Pd/c1-5-6-7-8-12-20-15(2)18(4)13-19(16(20)3)14-10-9-11-17-14;1-5-6-7-11-19-14(2)17(4)12-18(15(19)3)13-9-8-10-16-13;1-5-6-10-18-13(2)16(4)11-17(14(18)3)12-8-7-9-15-12;1-10(2)17-12(3)15(5)9-16(13(17)4)11-7-6-8-14-11;1-5-9-17-12(2)15(4)10-16(13(17)3)11-7-6-8-14-11;;;;;/h9-11,13H,5-8,12H2,1-4H3;8-10,12H,5-7,11H2,1-4H3;7-9,11H,5-6,10H2,1-4H3;6-10H,1-5H3;6-8,10H,5,9H2,1-4H3;;;;;/q5*-2;5*+2. The first-order valence-corrected chi connectivity index (χ1v) is 34.6. The molecule has 0 amide bonds. The molecule has 0 spiro atoms. The molecule has 5 aliphatic rings. The van der Waals surface area contributed by atoms with Gasteiger partial charge in [0.25, 0.3) is 34.9 Å². The molecule has 35 heteroatoms. The van der Waals surface area contributed by atoms with Crippen LogP contribution in [0.4, 0.5) is 29.1 Å². The number of unbranched alkanes of at least 4 members (excludes halogenated alkanes) is 6. The summed E-state index contributed by atoms with van der Waals surface area (Å²) < 4.78 is 12.6. The minimum absolute atomic E-state index is 0. The Morgan fingerprint density at radius 2 is 0.542 bits per heavy atom. The molecule has 0 aromatic carbocycles. The van der Waals surface area contributed by atoms with Crippen molar-refractivity contribution < 1.29 is 102 Å². The van der Waals surface area contributed by atoms with Gasteiger partial charge in [-0.3, -0.25) is 33.3 Å². The smallest absolute Gasteiger partial charge is 0.620 e. The van der Waals surface area contributed by atoms with Crippen LogP contribution in [0.15, 0.2) is 91.6 Å². The Labute approximate surface area is 658 Å². The zero-order valence-electron chi connectivity index (χ0n) is 61.8. The number of hydrogen-bond acceptors (Lipinski definition) is 15. The van der Waals surface area contributed by atoms with Crippen molar-refractivity contribution >= 4 is 98.9 Å². The van der Waals surface area contributed by atoms with Crippen LogP contribution < -0.4 is 49.0 Å². The van der Waals surface area contributed by atoms with Gasteiger partial charge in [-0.25, -0.2) is 0 Å². The number of rotatable bonds is 20. The van der Waals surface area contributed by atoms with E-state index in [-0.39, 0.29) is 102 Å². The molecule has 20 nitrogen and oxygen atoms in total. The van der Waals surface area contributed by atoms with Gasteiger partial charge in [0.15, 0.2) is 34.9 Å². The van der Waals surface area contributed by atoms with Gasteiger partial charge in [-0.1, -0.05) is 304 Å². The maximum absolute atomic E-state index is 4.44. The monoisotopic (exact) mass is 1760 g/mol. The first kappa shape index (κ1) is 93.0. The second-order valence-electron chi connectivity index (χ2n) is 25.9. The molecule has 0 N–H and O–H groups in total. The van der Waals surface area contributed by atoms with Gasteiger partial charge < -0.3 is 96.6 Å². The molecule has 0 radical (unpaired) electrons. The topological polar surface area (TPSA) is 119 Å².